The number of sulfonamides is 1. The number of ether oxygens (including phenoxy) is 1. The highest BCUT2D eigenvalue weighted by Crippen LogP contribution is 2.31. The molecule has 2 aromatic rings. The number of benzene rings is 2. The number of carbonyl (C=O) groups is 1. The summed E-state index contributed by atoms with van der Waals surface area (Å²) in [6.45, 7) is 4.66. The van der Waals surface area contributed by atoms with Gasteiger partial charge >= 0.3 is 0 Å². The monoisotopic (exact) mass is 475 g/mol. The Morgan fingerprint density at radius 2 is 1.67 bits per heavy atom. The molecule has 0 bridgehead atoms. The van der Waals surface area contributed by atoms with Crippen LogP contribution in [0, 0.1) is 18.7 Å². The molecule has 2 aliphatic rings. The molecule has 0 unspecified atom stereocenters. The van der Waals surface area contributed by atoms with Crippen LogP contribution in [0.15, 0.2) is 47.4 Å². The van der Waals surface area contributed by atoms with E-state index < -0.39 is 10.0 Å². The lowest BCUT2D eigenvalue weighted by Crippen LogP contribution is -2.52. The minimum Gasteiger partial charge on any atom is -0.495 e. The second-order valence-corrected chi connectivity index (χ2v) is 10.5. The molecule has 0 radical (unpaired) electrons. The van der Waals surface area contributed by atoms with E-state index in [0.717, 1.165) is 5.56 Å². The van der Waals surface area contributed by atoms with E-state index in [1.165, 1.54) is 17.5 Å². The SMILES string of the molecule is COc1ccc(C)cc1S(=O)(=O)N1CCC(C(=O)N2CCN(c3ccccc3F)CC2)CC1. The van der Waals surface area contributed by atoms with Crippen LogP contribution in [-0.4, -0.2) is 69.9 Å². The van der Waals surface area contributed by atoms with Gasteiger partial charge in [0, 0.05) is 45.2 Å². The first-order chi connectivity index (χ1) is 15.8. The summed E-state index contributed by atoms with van der Waals surface area (Å²) in [6, 6.07) is 11.8. The van der Waals surface area contributed by atoms with E-state index in [9.17, 15) is 17.6 Å². The van der Waals surface area contributed by atoms with Crippen molar-refractivity contribution in [3.8, 4) is 5.75 Å². The lowest BCUT2D eigenvalue weighted by atomic mass is 9.96. The second kappa shape index (κ2) is 9.69. The Hall–Kier alpha value is -2.65. The number of para-hydroxylation sites is 1. The molecule has 4 rings (SSSR count). The molecule has 0 saturated carbocycles. The summed E-state index contributed by atoms with van der Waals surface area (Å²) in [6.07, 6.45) is 0.972. The van der Waals surface area contributed by atoms with Gasteiger partial charge in [-0.15, -0.1) is 0 Å². The number of hydrogen-bond donors (Lipinski definition) is 0. The van der Waals surface area contributed by atoms with E-state index >= 15 is 0 Å². The van der Waals surface area contributed by atoms with Gasteiger partial charge in [0.2, 0.25) is 15.9 Å². The maximum absolute atomic E-state index is 14.1. The highest BCUT2D eigenvalue weighted by Gasteiger charge is 2.36. The Bertz CT molecular complexity index is 1110. The summed E-state index contributed by atoms with van der Waals surface area (Å²) >= 11 is 0. The third kappa shape index (κ3) is 4.84. The van der Waals surface area contributed by atoms with Gasteiger partial charge in [-0.1, -0.05) is 18.2 Å². The van der Waals surface area contributed by atoms with Gasteiger partial charge in [0.05, 0.1) is 12.8 Å². The number of hydrogen-bond acceptors (Lipinski definition) is 5. The fourth-order valence-corrected chi connectivity index (χ4v) is 6.31. The normalized spacial score (nSPS) is 18.4. The van der Waals surface area contributed by atoms with Gasteiger partial charge in [0.15, 0.2) is 0 Å². The van der Waals surface area contributed by atoms with Gasteiger partial charge in [-0.2, -0.15) is 4.31 Å². The molecule has 0 spiro atoms. The molecule has 7 nitrogen and oxygen atoms in total. The summed E-state index contributed by atoms with van der Waals surface area (Å²) in [4.78, 5) is 17.0. The molecule has 2 aliphatic heterocycles. The van der Waals surface area contributed by atoms with Crippen LogP contribution in [0.4, 0.5) is 10.1 Å². The number of aryl methyl sites for hydroxylation is 1. The number of carbonyl (C=O) groups excluding carboxylic acids is 1. The number of piperazine rings is 1. The van der Waals surface area contributed by atoms with Crippen molar-refractivity contribution < 1.29 is 22.3 Å². The molecule has 0 aromatic heterocycles. The molecule has 2 fully saturated rings. The number of piperidine rings is 1. The number of rotatable bonds is 5. The lowest BCUT2D eigenvalue weighted by molar-refractivity contribution is -0.137. The van der Waals surface area contributed by atoms with Gasteiger partial charge < -0.3 is 14.5 Å². The summed E-state index contributed by atoms with van der Waals surface area (Å²) in [5.74, 6) is -0.0631. The van der Waals surface area contributed by atoms with Gasteiger partial charge in [0.25, 0.3) is 0 Å². The third-order valence-electron chi connectivity index (χ3n) is 6.52. The quantitative estimate of drug-likeness (QED) is 0.665. The van der Waals surface area contributed by atoms with Gasteiger partial charge in [-0.05, 0) is 49.6 Å². The highest BCUT2D eigenvalue weighted by atomic mass is 32.2. The van der Waals surface area contributed by atoms with E-state index in [1.54, 1.807) is 24.3 Å². The van der Waals surface area contributed by atoms with Crippen molar-refractivity contribution in [2.45, 2.75) is 24.7 Å². The molecular formula is C24H30FN3O4S. The molecule has 178 valence electrons. The maximum Gasteiger partial charge on any atom is 0.246 e. The second-order valence-electron chi connectivity index (χ2n) is 8.60. The van der Waals surface area contributed by atoms with Crippen LogP contribution in [0.1, 0.15) is 18.4 Å². The molecule has 0 atom stereocenters. The van der Waals surface area contributed by atoms with E-state index in [1.807, 2.05) is 28.9 Å². The summed E-state index contributed by atoms with van der Waals surface area (Å²) in [7, 11) is -2.24. The van der Waals surface area contributed by atoms with Crippen molar-refractivity contribution in [3.63, 3.8) is 0 Å². The molecular weight excluding hydrogens is 445 g/mol. The van der Waals surface area contributed by atoms with E-state index in [0.29, 0.717) is 63.5 Å². The number of methoxy groups -OCH3 is 1. The number of amides is 1. The number of halogens is 1. The van der Waals surface area contributed by atoms with Crippen LogP contribution >= 0.6 is 0 Å². The highest BCUT2D eigenvalue weighted by molar-refractivity contribution is 7.89. The first kappa shape index (κ1) is 23.5. The first-order valence-corrected chi connectivity index (χ1v) is 12.7. The minimum absolute atomic E-state index is 0.0633. The van der Waals surface area contributed by atoms with E-state index in [-0.39, 0.29) is 22.5 Å². The van der Waals surface area contributed by atoms with Gasteiger partial charge in [-0.3, -0.25) is 4.79 Å². The lowest BCUT2D eigenvalue weighted by Gasteiger charge is -2.39. The standard InChI is InChI=1S/C24H30FN3O4S/c1-18-7-8-22(32-2)23(17-18)33(30,31)28-11-9-19(10-12-28)24(29)27-15-13-26(14-16-27)21-6-4-3-5-20(21)25/h3-8,17,19H,9-16H2,1-2H3. The molecule has 0 aliphatic carbocycles. The zero-order chi connectivity index (χ0) is 23.6. The summed E-state index contributed by atoms with van der Waals surface area (Å²) in [5.41, 5.74) is 1.41. The zero-order valence-electron chi connectivity index (χ0n) is 19.0. The summed E-state index contributed by atoms with van der Waals surface area (Å²) < 4.78 is 47.2. The zero-order valence-corrected chi connectivity index (χ0v) is 19.9. The van der Waals surface area contributed by atoms with Crippen LogP contribution in [0.3, 0.4) is 0 Å². The third-order valence-corrected chi connectivity index (χ3v) is 8.44. The molecule has 9 heteroatoms. The van der Waals surface area contributed by atoms with E-state index in [2.05, 4.69) is 0 Å². The van der Waals surface area contributed by atoms with Gasteiger partial charge in [0.1, 0.15) is 16.5 Å². The Kier molecular flexibility index (Phi) is 6.90. The topological polar surface area (TPSA) is 70.2 Å². The predicted molar refractivity (Wildman–Crippen MR) is 124 cm³/mol. The first-order valence-electron chi connectivity index (χ1n) is 11.2. The summed E-state index contributed by atoms with van der Waals surface area (Å²) in [5, 5.41) is 0. The molecule has 2 saturated heterocycles. The van der Waals surface area contributed by atoms with Crippen molar-refractivity contribution in [1.82, 2.24) is 9.21 Å². The maximum atomic E-state index is 14.1. The Balaban J connectivity index is 1.35. The Morgan fingerprint density at radius 3 is 2.30 bits per heavy atom. The predicted octanol–water partition coefficient (Wildman–Crippen LogP) is 2.89. The fraction of sp³-hybridized carbons (Fsp3) is 0.458. The Labute approximate surface area is 194 Å². The van der Waals surface area contributed by atoms with Crippen LogP contribution < -0.4 is 9.64 Å². The number of anilines is 1. The number of nitrogens with zero attached hydrogens (tertiary/aromatic N) is 3. The van der Waals surface area contributed by atoms with Crippen molar-refractivity contribution in [2.75, 3.05) is 51.3 Å². The van der Waals surface area contributed by atoms with Crippen LogP contribution in [0.25, 0.3) is 0 Å². The smallest absolute Gasteiger partial charge is 0.246 e. The van der Waals surface area contributed by atoms with Crippen LogP contribution in [0.2, 0.25) is 0 Å². The molecule has 1 amide bonds. The molecule has 2 aromatic carbocycles. The van der Waals surface area contributed by atoms with Crippen molar-refractivity contribution in [3.05, 3.63) is 53.8 Å². The Morgan fingerprint density at radius 1 is 1.00 bits per heavy atom. The van der Waals surface area contributed by atoms with E-state index in [4.69, 9.17) is 4.74 Å². The van der Waals surface area contributed by atoms with Crippen molar-refractivity contribution >= 4 is 21.6 Å². The van der Waals surface area contributed by atoms with Crippen molar-refractivity contribution in [2.24, 2.45) is 5.92 Å². The van der Waals surface area contributed by atoms with Crippen molar-refractivity contribution in [1.29, 1.82) is 0 Å². The van der Waals surface area contributed by atoms with Crippen LogP contribution in [0.5, 0.6) is 5.75 Å². The van der Waals surface area contributed by atoms with Gasteiger partial charge in [-0.25, -0.2) is 12.8 Å². The fourth-order valence-electron chi connectivity index (χ4n) is 4.60. The molecule has 33 heavy (non-hydrogen) atoms. The largest absolute Gasteiger partial charge is 0.495 e. The molecule has 0 N–H and O–H groups in total. The minimum atomic E-state index is -3.70. The average molecular weight is 476 g/mol. The average Bonchev–Trinajstić information content (AvgIpc) is 2.84. The van der Waals surface area contributed by atoms with Crippen LogP contribution in [-0.2, 0) is 14.8 Å². The molecule has 2 heterocycles.